The number of hydrogen-bond donors (Lipinski definition) is 3. The van der Waals surface area contributed by atoms with Gasteiger partial charge in [0.25, 0.3) is 5.91 Å². The molecular formula is C10H13F2N3O3S. The molecule has 0 atom stereocenters. The first-order valence-corrected chi connectivity index (χ1v) is 6.86. The van der Waals surface area contributed by atoms with Gasteiger partial charge in [-0.15, -0.1) is 0 Å². The van der Waals surface area contributed by atoms with Crippen molar-refractivity contribution in [2.75, 3.05) is 25.1 Å². The molecule has 4 N–H and O–H groups in total. The van der Waals surface area contributed by atoms with Crippen LogP contribution in [0.25, 0.3) is 0 Å². The molecule has 0 aliphatic carbocycles. The summed E-state index contributed by atoms with van der Waals surface area (Å²) in [5.41, 5.74) is 4.41. The lowest BCUT2D eigenvalue weighted by Crippen LogP contribution is -2.33. The van der Waals surface area contributed by atoms with Crippen LogP contribution in [-0.2, 0) is 10.0 Å². The molecular weight excluding hydrogens is 280 g/mol. The van der Waals surface area contributed by atoms with Crippen LogP contribution in [0.4, 0.5) is 14.5 Å². The number of halogens is 2. The van der Waals surface area contributed by atoms with Crippen molar-refractivity contribution in [2.45, 2.75) is 0 Å². The summed E-state index contributed by atoms with van der Waals surface area (Å²) >= 11 is 0. The Labute approximate surface area is 109 Å². The molecule has 106 valence electrons. The fourth-order valence-electron chi connectivity index (χ4n) is 1.24. The van der Waals surface area contributed by atoms with Crippen LogP contribution in [0.5, 0.6) is 0 Å². The summed E-state index contributed by atoms with van der Waals surface area (Å²) < 4.78 is 50.4. The first-order valence-electron chi connectivity index (χ1n) is 5.21. The van der Waals surface area contributed by atoms with Crippen molar-refractivity contribution in [1.29, 1.82) is 0 Å². The highest BCUT2D eigenvalue weighted by atomic mass is 32.2. The zero-order valence-electron chi connectivity index (χ0n) is 10.0. The Morgan fingerprint density at radius 1 is 1.32 bits per heavy atom. The Kier molecular flexibility index (Phi) is 4.78. The van der Waals surface area contributed by atoms with Gasteiger partial charge in [-0.05, 0) is 13.1 Å². The lowest BCUT2D eigenvalue weighted by Gasteiger charge is -2.07. The highest BCUT2D eigenvalue weighted by Crippen LogP contribution is 2.16. The van der Waals surface area contributed by atoms with E-state index in [0.717, 1.165) is 6.07 Å². The van der Waals surface area contributed by atoms with Crippen LogP contribution in [-0.4, -0.2) is 33.7 Å². The number of hydrogen-bond acceptors (Lipinski definition) is 4. The number of nitrogens with two attached hydrogens (primary N) is 1. The molecule has 0 saturated heterocycles. The third kappa shape index (κ3) is 4.14. The minimum absolute atomic E-state index is 0.210. The average molecular weight is 293 g/mol. The van der Waals surface area contributed by atoms with Crippen LogP contribution in [0.15, 0.2) is 12.1 Å². The van der Waals surface area contributed by atoms with Gasteiger partial charge >= 0.3 is 0 Å². The molecule has 0 aliphatic heterocycles. The van der Waals surface area contributed by atoms with Gasteiger partial charge in [0.1, 0.15) is 11.6 Å². The van der Waals surface area contributed by atoms with E-state index in [4.69, 9.17) is 5.73 Å². The quantitative estimate of drug-likeness (QED) is 0.656. The number of rotatable bonds is 5. The predicted octanol–water partition coefficient (Wildman–Crippen LogP) is -0.174. The maximum Gasteiger partial charge on any atom is 0.254 e. The zero-order chi connectivity index (χ0) is 14.6. The van der Waals surface area contributed by atoms with Gasteiger partial charge in [-0.1, -0.05) is 0 Å². The van der Waals surface area contributed by atoms with Crippen LogP contribution in [0.3, 0.4) is 0 Å². The largest absolute Gasteiger partial charge is 0.396 e. The smallest absolute Gasteiger partial charge is 0.254 e. The minimum atomic E-state index is -3.47. The molecule has 0 aliphatic rings. The molecule has 1 aromatic rings. The maximum atomic E-state index is 13.3. The molecule has 0 aromatic heterocycles. The molecule has 1 amide bonds. The maximum absolute atomic E-state index is 13.3. The molecule has 0 spiro atoms. The van der Waals surface area contributed by atoms with Gasteiger partial charge in [0, 0.05) is 12.6 Å². The van der Waals surface area contributed by atoms with Crippen molar-refractivity contribution in [3.63, 3.8) is 0 Å². The second kappa shape index (κ2) is 5.93. The van der Waals surface area contributed by atoms with Crippen LogP contribution in [0.1, 0.15) is 10.4 Å². The summed E-state index contributed by atoms with van der Waals surface area (Å²) in [5.74, 6) is -3.25. The fraction of sp³-hybridized carbons (Fsp3) is 0.300. The van der Waals surface area contributed by atoms with Crippen molar-refractivity contribution >= 4 is 21.6 Å². The highest BCUT2D eigenvalue weighted by Gasteiger charge is 2.15. The lowest BCUT2D eigenvalue weighted by molar-refractivity contribution is 0.0952. The fourth-order valence-corrected chi connectivity index (χ4v) is 1.81. The van der Waals surface area contributed by atoms with Gasteiger partial charge in [-0.25, -0.2) is 21.9 Å². The third-order valence-corrected chi connectivity index (χ3v) is 3.66. The van der Waals surface area contributed by atoms with Crippen LogP contribution in [0, 0.1) is 11.6 Å². The molecule has 0 heterocycles. The van der Waals surface area contributed by atoms with E-state index in [1.807, 2.05) is 0 Å². The van der Waals surface area contributed by atoms with Crippen LogP contribution < -0.4 is 15.8 Å². The van der Waals surface area contributed by atoms with E-state index in [1.165, 1.54) is 7.05 Å². The number of carbonyl (C=O) groups excluding carboxylic acids is 1. The number of carbonyl (C=O) groups is 1. The monoisotopic (exact) mass is 293 g/mol. The molecule has 1 aromatic carbocycles. The number of nitrogens with one attached hydrogen (secondary N) is 2. The Bertz CT molecular complexity index is 590. The number of sulfonamides is 1. The van der Waals surface area contributed by atoms with Crippen molar-refractivity contribution in [2.24, 2.45) is 0 Å². The van der Waals surface area contributed by atoms with Gasteiger partial charge in [-0.3, -0.25) is 4.79 Å². The SMILES string of the molecule is CNS(=O)(=O)CCNC(=O)c1cc(N)c(F)cc1F. The van der Waals surface area contributed by atoms with E-state index >= 15 is 0 Å². The molecule has 0 saturated carbocycles. The topological polar surface area (TPSA) is 101 Å². The first-order chi connectivity index (χ1) is 8.76. The molecule has 0 fully saturated rings. The molecule has 19 heavy (non-hydrogen) atoms. The lowest BCUT2D eigenvalue weighted by atomic mass is 10.1. The average Bonchev–Trinajstić information content (AvgIpc) is 2.33. The summed E-state index contributed by atoms with van der Waals surface area (Å²) in [5, 5.41) is 2.20. The zero-order valence-corrected chi connectivity index (χ0v) is 10.9. The van der Waals surface area contributed by atoms with Crippen molar-refractivity contribution in [1.82, 2.24) is 10.0 Å². The number of benzene rings is 1. The van der Waals surface area contributed by atoms with E-state index in [-0.39, 0.29) is 18.0 Å². The van der Waals surface area contributed by atoms with E-state index in [1.54, 1.807) is 0 Å². The molecule has 0 bridgehead atoms. The van der Waals surface area contributed by atoms with Gasteiger partial charge in [0.05, 0.1) is 17.0 Å². The summed E-state index contributed by atoms with van der Waals surface area (Å²) in [4.78, 5) is 11.6. The van der Waals surface area contributed by atoms with Gasteiger partial charge in [-0.2, -0.15) is 0 Å². The molecule has 9 heteroatoms. The number of nitrogen functional groups attached to an aromatic ring is 1. The second-order valence-corrected chi connectivity index (χ2v) is 5.68. The highest BCUT2D eigenvalue weighted by molar-refractivity contribution is 7.89. The summed E-state index contributed by atoms with van der Waals surface area (Å²) in [6.07, 6.45) is 0. The van der Waals surface area contributed by atoms with Crippen molar-refractivity contribution in [3.8, 4) is 0 Å². The van der Waals surface area contributed by atoms with Gasteiger partial charge in [0.15, 0.2) is 0 Å². The normalized spacial score (nSPS) is 11.3. The number of anilines is 1. The Balaban J connectivity index is 2.72. The third-order valence-electron chi connectivity index (χ3n) is 2.30. The summed E-state index contributed by atoms with van der Waals surface area (Å²) in [7, 11) is -2.23. The second-order valence-electron chi connectivity index (χ2n) is 3.63. The minimum Gasteiger partial charge on any atom is -0.396 e. The van der Waals surface area contributed by atoms with E-state index in [2.05, 4.69) is 10.0 Å². The predicted molar refractivity (Wildman–Crippen MR) is 66.0 cm³/mol. The summed E-state index contributed by atoms with van der Waals surface area (Å²) in [6, 6.07) is 1.35. The summed E-state index contributed by atoms with van der Waals surface area (Å²) in [6.45, 7) is -0.210. The standard InChI is InChI=1S/C10H13F2N3O3S/c1-14-19(17,18)3-2-15-10(16)6-4-9(13)8(12)5-7(6)11/h4-5,14H,2-3,13H2,1H3,(H,15,16). The van der Waals surface area contributed by atoms with Gasteiger partial charge in [0.2, 0.25) is 10.0 Å². The molecule has 0 unspecified atom stereocenters. The van der Waals surface area contributed by atoms with Crippen LogP contribution in [0.2, 0.25) is 0 Å². The van der Waals surface area contributed by atoms with Crippen molar-refractivity contribution in [3.05, 3.63) is 29.3 Å². The van der Waals surface area contributed by atoms with E-state index < -0.39 is 33.1 Å². The number of amides is 1. The molecule has 1 rings (SSSR count). The Hall–Kier alpha value is -1.74. The first kappa shape index (κ1) is 15.3. The van der Waals surface area contributed by atoms with Gasteiger partial charge < -0.3 is 11.1 Å². The van der Waals surface area contributed by atoms with E-state index in [9.17, 15) is 22.0 Å². The molecule has 0 radical (unpaired) electrons. The van der Waals surface area contributed by atoms with Crippen molar-refractivity contribution < 1.29 is 22.0 Å². The Morgan fingerprint density at radius 3 is 2.53 bits per heavy atom. The molecule has 6 nitrogen and oxygen atoms in total. The van der Waals surface area contributed by atoms with E-state index in [0.29, 0.717) is 6.07 Å². The Morgan fingerprint density at radius 2 is 1.95 bits per heavy atom. The van der Waals surface area contributed by atoms with Crippen LogP contribution >= 0.6 is 0 Å².